The van der Waals surface area contributed by atoms with Crippen LogP contribution >= 0.6 is 34.5 Å². The minimum absolute atomic E-state index is 0.0704. The molecule has 1 amide bonds. The average Bonchev–Trinajstić information content (AvgIpc) is 3.27. The lowest BCUT2D eigenvalue weighted by Crippen LogP contribution is -2.40. The average molecular weight is 445 g/mol. The molecule has 2 aromatic heterocycles. The summed E-state index contributed by atoms with van der Waals surface area (Å²) in [7, 11) is 3.59. The standard InChI is InChI=1S/C21H18Cl2N4OS/c1-26(2)20(28)14-9-27(21-25-16-6-4-12(23)8-18(16)29-21)10-17-19(14)13-7-11(22)3-5-15(13)24-17/h3-8,14,24H,9-10H2,1-2H3. The molecule has 0 aliphatic carbocycles. The van der Waals surface area contributed by atoms with E-state index in [-0.39, 0.29) is 11.8 Å². The fraction of sp³-hybridized carbons (Fsp3) is 0.238. The molecule has 5 rings (SSSR count). The molecule has 0 fully saturated rings. The lowest BCUT2D eigenvalue weighted by molar-refractivity contribution is -0.130. The number of halogens is 2. The number of nitrogens with one attached hydrogen (secondary N) is 1. The molecular weight excluding hydrogens is 427 g/mol. The first-order valence-corrected chi connectivity index (χ1v) is 10.8. The van der Waals surface area contributed by atoms with Crippen LogP contribution in [-0.4, -0.2) is 41.4 Å². The summed E-state index contributed by atoms with van der Waals surface area (Å²) in [4.78, 5) is 25.2. The summed E-state index contributed by atoms with van der Waals surface area (Å²) in [6.45, 7) is 1.23. The van der Waals surface area contributed by atoms with Gasteiger partial charge < -0.3 is 14.8 Å². The van der Waals surface area contributed by atoms with E-state index in [4.69, 9.17) is 28.2 Å². The number of amides is 1. The van der Waals surface area contributed by atoms with Crippen LogP contribution in [0.4, 0.5) is 5.13 Å². The van der Waals surface area contributed by atoms with Gasteiger partial charge in [-0.1, -0.05) is 34.5 Å². The molecule has 4 aromatic rings. The van der Waals surface area contributed by atoms with Gasteiger partial charge in [0.05, 0.1) is 22.7 Å². The second-order valence-corrected chi connectivity index (χ2v) is 9.36. The molecule has 0 spiro atoms. The van der Waals surface area contributed by atoms with Crippen LogP contribution in [0.2, 0.25) is 10.0 Å². The zero-order valence-corrected chi connectivity index (χ0v) is 18.2. The van der Waals surface area contributed by atoms with Gasteiger partial charge in [-0.05, 0) is 42.0 Å². The molecule has 1 N–H and O–H groups in total. The minimum atomic E-state index is -0.295. The number of thiazole rings is 1. The highest BCUT2D eigenvalue weighted by atomic mass is 35.5. The summed E-state index contributed by atoms with van der Waals surface area (Å²) >= 11 is 14.0. The van der Waals surface area contributed by atoms with Crippen LogP contribution in [0, 0.1) is 0 Å². The van der Waals surface area contributed by atoms with Crippen LogP contribution < -0.4 is 4.90 Å². The van der Waals surface area contributed by atoms with E-state index >= 15 is 0 Å². The number of carbonyl (C=O) groups excluding carboxylic acids is 1. The summed E-state index contributed by atoms with van der Waals surface area (Å²) in [5.74, 6) is -0.224. The molecule has 0 radical (unpaired) electrons. The van der Waals surface area contributed by atoms with Gasteiger partial charge in [0.25, 0.3) is 0 Å². The number of H-pyrrole nitrogens is 1. The number of hydrogen-bond acceptors (Lipinski definition) is 4. The van der Waals surface area contributed by atoms with Crippen molar-refractivity contribution < 1.29 is 4.79 Å². The fourth-order valence-corrected chi connectivity index (χ4v) is 5.43. The SMILES string of the molecule is CN(C)C(=O)C1CN(c2nc3ccc(Cl)cc3s2)Cc2[nH]c3ccc(Cl)cc3c21. The Morgan fingerprint density at radius 2 is 1.97 bits per heavy atom. The monoisotopic (exact) mass is 444 g/mol. The van der Waals surface area contributed by atoms with Crippen molar-refractivity contribution in [3.8, 4) is 0 Å². The Hall–Kier alpha value is -2.28. The van der Waals surface area contributed by atoms with Crippen molar-refractivity contribution >= 4 is 66.7 Å². The third-order valence-electron chi connectivity index (χ3n) is 5.33. The van der Waals surface area contributed by atoms with Crippen molar-refractivity contribution in [1.29, 1.82) is 0 Å². The number of anilines is 1. The Morgan fingerprint density at radius 1 is 1.21 bits per heavy atom. The lowest BCUT2D eigenvalue weighted by atomic mass is 9.91. The molecule has 0 saturated carbocycles. The summed E-state index contributed by atoms with van der Waals surface area (Å²) in [6, 6.07) is 11.5. The number of hydrogen-bond donors (Lipinski definition) is 1. The first kappa shape index (κ1) is 18.7. The smallest absolute Gasteiger partial charge is 0.231 e. The molecule has 2 aromatic carbocycles. The Bertz CT molecular complexity index is 1260. The van der Waals surface area contributed by atoms with E-state index in [1.54, 1.807) is 30.3 Å². The third kappa shape index (κ3) is 3.16. The van der Waals surface area contributed by atoms with E-state index in [1.165, 1.54) is 0 Å². The predicted octanol–water partition coefficient (Wildman–Crippen LogP) is 5.28. The zero-order chi connectivity index (χ0) is 20.3. The Morgan fingerprint density at radius 3 is 2.76 bits per heavy atom. The van der Waals surface area contributed by atoms with Crippen molar-refractivity contribution in [2.45, 2.75) is 12.5 Å². The molecule has 0 bridgehead atoms. The number of carbonyl (C=O) groups is 1. The maximum absolute atomic E-state index is 13.1. The summed E-state index contributed by atoms with van der Waals surface area (Å²) in [5, 5.41) is 3.27. The quantitative estimate of drug-likeness (QED) is 0.457. The zero-order valence-electron chi connectivity index (χ0n) is 15.9. The van der Waals surface area contributed by atoms with Gasteiger partial charge in [0.2, 0.25) is 5.91 Å². The maximum atomic E-state index is 13.1. The third-order valence-corrected chi connectivity index (χ3v) is 6.88. The van der Waals surface area contributed by atoms with Gasteiger partial charge >= 0.3 is 0 Å². The fourth-order valence-electron chi connectivity index (χ4n) is 4.01. The Kier molecular flexibility index (Phi) is 4.46. The van der Waals surface area contributed by atoms with Gasteiger partial charge in [-0.25, -0.2) is 4.98 Å². The van der Waals surface area contributed by atoms with Crippen molar-refractivity contribution in [2.75, 3.05) is 25.5 Å². The Labute approximate surface area is 181 Å². The number of rotatable bonds is 2. The molecule has 5 nitrogen and oxygen atoms in total. The van der Waals surface area contributed by atoms with Crippen molar-refractivity contribution in [3.63, 3.8) is 0 Å². The van der Waals surface area contributed by atoms with E-state index in [9.17, 15) is 4.79 Å². The van der Waals surface area contributed by atoms with E-state index in [1.807, 2.05) is 36.4 Å². The summed E-state index contributed by atoms with van der Waals surface area (Å²) in [6.07, 6.45) is 0. The van der Waals surface area contributed by atoms with Crippen LogP contribution in [-0.2, 0) is 11.3 Å². The van der Waals surface area contributed by atoms with Crippen LogP contribution in [0.5, 0.6) is 0 Å². The molecule has 29 heavy (non-hydrogen) atoms. The van der Waals surface area contributed by atoms with Crippen LogP contribution in [0.3, 0.4) is 0 Å². The Balaban J connectivity index is 1.63. The number of aromatic amines is 1. The highest BCUT2D eigenvalue weighted by molar-refractivity contribution is 7.22. The second-order valence-electron chi connectivity index (χ2n) is 7.48. The van der Waals surface area contributed by atoms with E-state index in [2.05, 4.69) is 9.88 Å². The maximum Gasteiger partial charge on any atom is 0.231 e. The van der Waals surface area contributed by atoms with Crippen LogP contribution in [0.15, 0.2) is 36.4 Å². The molecular formula is C21H18Cl2N4OS. The van der Waals surface area contributed by atoms with Gasteiger partial charge in [-0.15, -0.1) is 0 Å². The first-order chi connectivity index (χ1) is 13.9. The highest BCUT2D eigenvalue weighted by Crippen LogP contribution is 2.40. The molecule has 1 atom stereocenters. The van der Waals surface area contributed by atoms with Crippen LogP contribution in [0.1, 0.15) is 17.2 Å². The summed E-state index contributed by atoms with van der Waals surface area (Å²) < 4.78 is 1.04. The molecule has 1 unspecified atom stereocenters. The van der Waals surface area contributed by atoms with Crippen molar-refractivity contribution in [2.24, 2.45) is 0 Å². The molecule has 1 aliphatic rings. The molecule has 8 heteroatoms. The molecule has 148 valence electrons. The number of likely N-dealkylation sites (N-methyl/N-ethyl adjacent to an activating group) is 1. The van der Waals surface area contributed by atoms with E-state index in [0.717, 1.165) is 37.5 Å². The van der Waals surface area contributed by atoms with Gasteiger partial charge in [0.1, 0.15) is 0 Å². The highest BCUT2D eigenvalue weighted by Gasteiger charge is 2.35. The first-order valence-electron chi connectivity index (χ1n) is 9.23. The normalized spacial score (nSPS) is 16.4. The number of aromatic nitrogens is 2. The lowest BCUT2D eigenvalue weighted by Gasteiger charge is -2.33. The van der Waals surface area contributed by atoms with Crippen LogP contribution in [0.25, 0.3) is 21.1 Å². The second kappa shape index (κ2) is 6.90. The predicted molar refractivity (Wildman–Crippen MR) is 120 cm³/mol. The molecule has 3 heterocycles. The number of nitrogens with zero attached hydrogens (tertiary/aromatic N) is 3. The summed E-state index contributed by atoms with van der Waals surface area (Å²) in [5.41, 5.74) is 3.99. The topological polar surface area (TPSA) is 52.2 Å². The van der Waals surface area contributed by atoms with Gasteiger partial charge in [-0.3, -0.25) is 4.79 Å². The van der Waals surface area contributed by atoms with Crippen molar-refractivity contribution in [3.05, 3.63) is 57.7 Å². The molecule has 0 saturated heterocycles. The largest absolute Gasteiger partial charge is 0.357 e. The van der Waals surface area contributed by atoms with E-state index < -0.39 is 0 Å². The van der Waals surface area contributed by atoms with Crippen molar-refractivity contribution in [1.82, 2.24) is 14.9 Å². The minimum Gasteiger partial charge on any atom is -0.357 e. The van der Waals surface area contributed by atoms with Gasteiger partial charge in [-0.2, -0.15) is 0 Å². The molecule has 1 aliphatic heterocycles. The van der Waals surface area contributed by atoms with Gasteiger partial charge in [0.15, 0.2) is 5.13 Å². The van der Waals surface area contributed by atoms with E-state index in [0.29, 0.717) is 23.1 Å². The number of fused-ring (bicyclic) bond motifs is 4. The number of benzene rings is 2. The van der Waals surface area contributed by atoms with Gasteiger partial charge in [0, 0.05) is 47.3 Å².